The monoisotopic (exact) mass is 355 g/mol. The molecule has 1 fully saturated rings. The third kappa shape index (κ3) is 3.98. The van der Waals surface area contributed by atoms with Gasteiger partial charge in [0.1, 0.15) is 5.75 Å². The molecule has 0 amide bonds. The zero-order chi connectivity index (χ0) is 15.4. The topological polar surface area (TPSA) is 69.6 Å². The predicted octanol–water partition coefficient (Wildman–Crippen LogP) is 3.70. The van der Waals surface area contributed by atoms with Gasteiger partial charge in [-0.15, -0.1) is 0 Å². The van der Waals surface area contributed by atoms with E-state index in [0.29, 0.717) is 6.54 Å². The van der Waals surface area contributed by atoms with Crippen molar-refractivity contribution in [2.24, 2.45) is 11.8 Å². The Morgan fingerprint density at radius 2 is 2.24 bits per heavy atom. The third-order valence-corrected chi connectivity index (χ3v) is 4.87. The lowest BCUT2D eigenvalue weighted by Gasteiger charge is -2.23. The van der Waals surface area contributed by atoms with Crippen LogP contribution in [0.1, 0.15) is 44.2 Å². The Labute approximate surface area is 133 Å². The van der Waals surface area contributed by atoms with Gasteiger partial charge in [0, 0.05) is 16.1 Å². The second-order valence-corrected chi connectivity index (χ2v) is 6.62. The lowest BCUT2D eigenvalue weighted by molar-refractivity contribution is -0.142. The van der Waals surface area contributed by atoms with Crippen molar-refractivity contribution in [1.82, 2.24) is 5.32 Å². The number of aliphatic carboxylic acids is 1. The Hall–Kier alpha value is -1.07. The molecular weight excluding hydrogens is 334 g/mol. The highest BCUT2D eigenvalue weighted by Gasteiger charge is 2.33. The van der Waals surface area contributed by atoms with Crippen LogP contribution in [0.4, 0.5) is 0 Å². The highest BCUT2D eigenvalue weighted by Crippen LogP contribution is 2.33. The number of carboxylic acid groups (broad SMARTS) is 1. The van der Waals surface area contributed by atoms with Gasteiger partial charge in [-0.25, -0.2) is 0 Å². The average Bonchev–Trinajstić information content (AvgIpc) is 2.92. The van der Waals surface area contributed by atoms with E-state index in [1.54, 1.807) is 6.07 Å². The molecule has 0 aromatic heterocycles. The maximum atomic E-state index is 11.2. The zero-order valence-electron chi connectivity index (χ0n) is 12.2. The first kappa shape index (κ1) is 16.3. The summed E-state index contributed by atoms with van der Waals surface area (Å²) >= 11 is 3.42. The number of hydrogen-bond acceptors (Lipinski definition) is 3. The molecule has 0 radical (unpaired) electrons. The van der Waals surface area contributed by atoms with Crippen molar-refractivity contribution in [3.8, 4) is 5.75 Å². The minimum absolute atomic E-state index is 0.0394. The fraction of sp³-hybridized carbons (Fsp3) is 0.562. The maximum absolute atomic E-state index is 11.2. The summed E-state index contributed by atoms with van der Waals surface area (Å²) in [5.74, 6) is -0.451. The molecular formula is C16H22BrNO3. The highest BCUT2D eigenvalue weighted by molar-refractivity contribution is 9.10. The number of phenolic OH excluding ortho intramolecular Hbond substituents is 1. The molecule has 116 valence electrons. The van der Waals surface area contributed by atoms with Crippen molar-refractivity contribution in [3.05, 3.63) is 28.2 Å². The molecule has 1 aromatic rings. The zero-order valence-corrected chi connectivity index (χ0v) is 13.8. The van der Waals surface area contributed by atoms with E-state index in [9.17, 15) is 15.0 Å². The number of halogens is 1. The number of carbonyl (C=O) groups is 1. The molecule has 0 saturated heterocycles. The highest BCUT2D eigenvalue weighted by atomic mass is 79.9. The van der Waals surface area contributed by atoms with E-state index in [1.807, 2.05) is 12.1 Å². The summed E-state index contributed by atoms with van der Waals surface area (Å²) in [5, 5.41) is 22.7. The average molecular weight is 356 g/mol. The molecule has 3 atom stereocenters. The molecule has 0 spiro atoms. The van der Waals surface area contributed by atoms with Crippen LogP contribution in [0.15, 0.2) is 22.7 Å². The van der Waals surface area contributed by atoms with E-state index in [2.05, 4.69) is 28.2 Å². The molecule has 2 rings (SSSR count). The molecule has 3 unspecified atom stereocenters. The number of aromatic hydroxyl groups is 1. The molecule has 4 nitrogen and oxygen atoms in total. The number of carboxylic acids is 1. The fourth-order valence-electron chi connectivity index (χ4n) is 3.18. The normalized spacial score (nSPS) is 23.1. The first-order valence-electron chi connectivity index (χ1n) is 7.47. The number of hydrogen-bond donors (Lipinski definition) is 3. The SMILES string of the molecule is CCC(NCC1CCCC1C(=O)O)c1cc(Br)ccc1O. The van der Waals surface area contributed by atoms with E-state index >= 15 is 0 Å². The van der Waals surface area contributed by atoms with Gasteiger partial charge in [-0.1, -0.05) is 29.3 Å². The van der Waals surface area contributed by atoms with Crippen LogP contribution in [0.3, 0.4) is 0 Å². The minimum atomic E-state index is -0.683. The van der Waals surface area contributed by atoms with Gasteiger partial charge < -0.3 is 15.5 Å². The molecule has 5 heteroatoms. The van der Waals surface area contributed by atoms with Crippen LogP contribution >= 0.6 is 15.9 Å². The smallest absolute Gasteiger partial charge is 0.306 e. The molecule has 0 bridgehead atoms. The Morgan fingerprint density at radius 1 is 1.48 bits per heavy atom. The molecule has 3 N–H and O–H groups in total. The summed E-state index contributed by atoms with van der Waals surface area (Å²) in [6, 6.07) is 5.44. The summed E-state index contributed by atoms with van der Waals surface area (Å²) in [7, 11) is 0. The van der Waals surface area contributed by atoms with Crippen LogP contribution < -0.4 is 5.32 Å². The van der Waals surface area contributed by atoms with Gasteiger partial charge in [-0.2, -0.15) is 0 Å². The third-order valence-electron chi connectivity index (χ3n) is 4.38. The summed E-state index contributed by atoms with van der Waals surface area (Å²) in [4.78, 5) is 11.2. The molecule has 1 aromatic carbocycles. The van der Waals surface area contributed by atoms with Crippen molar-refractivity contribution in [2.75, 3.05) is 6.54 Å². The van der Waals surface area contributed by atoms with Crippen LogP contribution in [-0.2, 0) is 4.79 Å². The largest absolute Gasteiger partial charge is 0.508 e. The van der Waals surface area contributed by atoms with Crippen LogP contribution in [0.5, 0.6) is 5.75 Å². The maximum Gasteiger partial charge on any atom is 0.306 e. The number of nitrogens with one attached hydrogen (secondary N) is 1. The standard InChI is InChI=1S/C16H22BrNO3/c1-2-14(13-8-11(17)6-7-15(13)19)18-9-10-4-3-5-12(10)16(20)21/h6-8,10,12,14,18-19H,2-5,9H2,1H3,(H,20,21). The Morgan fingerprint density at radius 3 is 2.90 bits per heavy atom. The molecule has 0 heterocycles. The van der Waals surface area contributed by atoms with Gasteiger partial charge in [0.25, 0.3) is 0 Å². The second kappa shape index (κ2) is 7.27. The first-order chi connectivity index (χ1) is 10.0. The van der Waals surface area contributed by atoms with Gasteiger partial charge in [-0.05, 0) is 49.9 Å². The summed E-state index contributed by atoms with van der Waals surface area (Å²) in [6.45, 7) is 2.74. The van der Waals surface area contributed by atoms with E-state index in [1.165, 1.54) is 0 Å². The molecule has 1 aliphatic carbocycles. The van der Waals surface area contributed by atoms with Crippen molar-refractivity contribution in [3.63, 3.8) is 0 Å². The van der Waals surface area contributed by atoms with Crippen molar-refractivity contribution < 1.29 is 15.0 Å². The van der Waals surface area contributed by atoms with Crippen molar-refractivity contribution >= 4 is 21.9 Å². The van der Waals surface area contributed by atoms with Crippen LogP contribution in [-0.4, -0.2) is 22.7 Å². The van der Waals surface area contributed by atoms with E-state index in [4.69, 9.17) is 0 Å². The first-order valence-corrected chi connectivity index (χ1v) is 8.26. The van der Waals surface area contributed by atoms with Crippen molar-refractivity contribution in [1.29, 1.82) is 0 Å². The van der Waals surface area contributed by atoms with Gasteiger partial charge in [0.2, 0.25) is 0 Å². The second-order valence-electron chi connectivity index (χ2n) is 5.71. The van der Waals surface area contributed by atoms with E-state index in [0.717, 1.165) is 35.7 Å². The lowest BCUT2D eigenvalue weighted by Crippen LogP contribution is -2.31. The van der Waals surface area contributed by atoms with Gasteiger partial charge in [-0.3, -0.25) is 4.79 Å². The van der Waals surface area contributed by atoms with Gasteiger partial charge in [0.05, 0.1) is 5.92 Å². The number of rotatable bonds is 6. The molecule has 1 saturated carbocycles. The number of phenols is 1. The number of benzene rings is 1. The van der Waals surface area contributed by atoms with Gasteiger partial charge >= 0.3 is 5.97 Å². The molecule has 0 aliphatic heterocycles. The van der Waals surface area contributed by atoms with Crippen LogP contribution in [0, 0.1) is 11.8 Å². The van der Waals surface area contributed by atoms with Crippen molar-refractivity contribution in [2.45, 2.75) is 38.6 Å². The Bertz CT molecular complexity index is 506. The van der Waals surface area contributed by atoms with Gasteiger partial charge in [0.15, 0.2) is 0 Å². The van der Waals surface area contributed by atoms with E-state index < -0.39 is 5.97 Å². The molecule has 21 heavy (non-hydrogen) atoms. The summed E-state index contributed by atoms with van der Waals surface area (Å²) < 4.78 is 0.930. The minimum Gasteiger partial charge on any atom is -0.508 e. The quantitative estimate of drug-likeness (QED) is 0.727. The predicted molar refractivity (Wildman–Crippen MR) is 85.3 cm³/mol. The fourth-order valence-corrected chi connectivity index (χ4v) is 3.56. The summed E-state index contributed by atoms with van der Waals surface area (Å²) in [5.41, 5.74) is 0.858. The van der Waals surface area contributed by atoms with Crippen LogP contribution in [0.25, 0.3) is 0 Å². The Balaban J connectivity index is 2.03. The van der Waals surface area contributed by atoms with Crippen LogP contribution in [0.2, 0.25) is 0 Å². The van der Waals surface area contributed by atoms with E-state index in [-0.39, 0.29) is 23.6 Å². The lowest BCUT2D eigenvalue weighted by atomic mass is 9.95. The molecule has 1 aliphatic rings. The Kier molecular flexibility index (Phi) is 5.65. The summed E-state index contributed by atoms with van der Waals surface area (Å²) in [6.07, 6.45) is 3.57.